The Morgan fingerprint density at radius 3 is 1.98 bits per heavy atom. The molecule has 0 saturated carbocycles. The summed E-state index contributed by atoms with van der Waals surface area (Å²) < 4.78 is 38.6. The Balaban J connectivity index is 1.67. The Morgan fingerprint density at radius 1 is 0.837 bits per heavy atom. The van der Waals surface area contributed by atoms with Crippen LogP contribution >= 0.6 is 24.0 Å². The largest absolute Gasteiger partial charge is 0.484 e. The summed E-state index contributed by atoms with van der Waals surface area (Å²) in [7, 11) is -8.07. The number of carbonyl (C=O) groups is 1. The van der Waals surface area contributed by atoms with E-state index in [0.717, 1.165) is 27.3 Å². The van der Waals surface area contributed by atoms with Gasteiger partial charge in [0.2, 0.25) is 5.91 Å². The molecule has 14 heteroatoms. The average molecular weight is 698 g/mol. The molecule has 3 rings (SSSR count). The van der Waals surface area contributed by atoms with Crippen LogP contribution in [0.1, 0.15) is 37.0 Å². The summed E-state index contributed by atoms with van der Waals surface area (Å²) in [6, 6.07) is 19.0. The maximum Gasteiger partial charge on any atom is 0.484 e. The van der Waals surface area contributed by atoms with E-state index in [2.05, 4.69) is 29.6 Å². The third kappa shape index (κ3) is 11.4. The maximum absolute atomic E-state index is 13.0. The third-order valence-corrected chi connectivity index (χ3v) is 24.0. The van der Waals surface area contributed by atoms with Crippen LogP contribution in [0.25, 0.3) is 0 Å². The summed E-state index contributed by atoms with van der Waals surface area (Å²) in [6.45, 7) is 13.8. The molecule has 1 amide bonds. The number of rotatable bonds is 12. The molecule has 3 atom stereocenters. The number of thioether (sulfide) groups is 1. The Bertz CT molecular complexity index is 1220. The molecule has 0 spiro atoms. The van der Waals surface area contributed by atoms with Crippen molar-refractivity contribution in [3.8, 4) is 0 Å². The van der Waals surface area contributed by atoms with Crippen molar-refractivity contribution < 1.29 is 30.1 Å². The molecular weight excluding hydrogens is 651 g/mol. The first-order valence-electron chi connectivity index (χ1n) is 14.6. The van der Waals surface area contributed by atoms with Gasteiger partial charge in [0.05, 0.1) is 9.45 Å². The number of nitrogens with one attached hydrogen (secondary N) is 1. The molecule has 1 aliphatic rings. The number of thiocarbonyl (C=S) groups is 1. The molecule has 1 N–H and O–H groups in total. The Morgan fingerprint density at radius 2 is 1.42 bits per heavy atom. The lowest BCUT2D eigenvalue weighted by Gasteiger charge is -2.46. The van der Waals surface area contributed by atoms with E-state index in [4.69, 9.17) is 37.5 Å². The molecule has 0 bridgehead atoms. The molecule has 0 aromatic heterocycles. The van der Waals surface area contributed by atoms with Crippen molar-refractivity contribution in [3.63, 3.8) is 0 Å². The summed E-state index contributed by atoms with van der Waals surface area (Å²) in [5.74, 6) is 0.0148. The minimum absolute atomic E-state index is 0.0148. The molecular formula is C29H47NO7S2Si4. The molecule has 0 aliphatic carbocycles. The number of hydrogen-bond acceptors (Lipinski definition) is 9. The summed E-state index contributed by atoms with van der Waals surface area (Å²) in [4.78, 5) is 13.0. The van der Waals surface area contributed by atoms with Gasteiger partial charge in [-0.3, -0.25) is 4.79 Å². The SMILES string of the molecule is CO[Si]1(C)O[Si](C)(C)O[Si](C)(C)O[Si](CCc2ccc(CCC(SC(=S)c3ccccc3)C(=O)NC(C)C)cc2)(OC)O1. The van der Waals surface area contributed by atoms with Gasteiger partial charge in [0, 0.05) is 32.9 Å². The lowest BCUT2D eigenvalue weighted by Crippen LogP contribution is -2.68. The zero-order valence-electron chi connectivity index (χ0n) is 26.9. The standard InChI is InChI=1S/C29H47NO7S2Si4/c1-23(2)30-28(31)27(39-29(38)26-13-11-10-12-14-26)20-19-24-15-17-25(18-16-24)21-22-43(33-4)36-41(7,8)34-40(5,6)35-42(9,32-3)37-43/h10-18,23,27H,19-22H2,1-9H3,(H,30,31). The number of aryl methyl sites for hydroxylation is 2. The van der Waals surface area contributed by atoms with E-state index in [9.17, 15) is 4.79 Å². The molecule has 3 unspecified atom stereocenters. The lowest BCUT2D eigenvalue weighted by atomic mass is 10.0. The van der Waals surface area contributed by atoms with E-state index in [1.165, 1.54) is 11.8 Å². The zero-order valence-corrected chi connectivity index (χ0v) is 32.5. The number of hydrogen-bond donors (Lipinski definition) is 1. The first-order chi connectivity index (χ1) is 20.1. The van der Waals surface area contributed by atoms with Crippen molar-refractivity contribution in [2.45, 2.75) is 83.2 Å². The van der Waals surface area contributed by atoms with E-state index in [0.29, 0.717) is 18.9 Å². The lowest BCUT2D eigenvalue weighted by molar-refractivity contribution is -0.121. The van der Waals surface area contributed by atoms with Crippen molar-refractivity contribution in [1.82, 2.24) is 5.32 Å². The highest BCUT2D eigenvalue weighted by Gasteiger charge is 2.58. The smallest absolute Gasteiger partial charge is 0.416 e. The molecule has 2 aromatic rings. The monoisotopic (exact) mass is 697 g/mol. The number of carbonyl (C=O) groups excluding carboxylic acids is 1. The summed E-state index contributed by atoms with van der Waals surface area (Å²) in [6.07, 6.45) is 2.15. The van der Waals surface area contributed by atoms with Gasteiger partial charge < -0.3 is 30.6 Å². The van der Waals surface area contributed by atoms with Crippen LogP contribution in [0.15, 0.2) is 54.6 Å². The fourth-order valence-corrected chi connectivity index (χ4v) is 25.1. The molecule has 1 saturated heterocycles. The molecule has 1 aliphatic heterocycles. The molecule has 2 aromatic carbocycles. The minimum Gasteiger partial charge on any atom is -0.416 e. The zero-order chi connectivity index (χ0) is 31.9. The second-order valence-corrected chi connectivity index (χ2v) is 27.1. The fourth-order valence-electron chi connectivity index (χ4n) is 5.01. The highest BCUT2D eigenvalue weighted by atomic mass is 32.2. The third-order valence-electron chi connectivity index (χ3n) is 6.77. The van der Waals surface area contributed by atoms with Gasteiger partial charge >= 0.3 is 34.7 Å². The van der Waals surface area contributed by atoms with Crippen molar-refractivity contribution in [3.05, 3.63) is 71.3 Å². The van der Waals surface area contributed by atoms with Crippen molar-refractivity contribution >= 4 is 68.8 Å². The van der Waals surface area contributed by atoms with E-state index in [-0.39, 0.29) is 17.2 Å². The second-order valence-electron chi connectivity index (χ2n) is 11.9. The first-order valence-corrected chi connectivity index (χ1v) is 25.7. The Labute approximate surface area is 271 Å². The normalized spacial score (nSPS) is 24.1. The second kappa shape index (κ2) is 15.5. The molecule has 43 heavy (non-hydrogen) atoms. The predicted molar refractivity (Wildman–Crippen MR) is 187 cm³/mol. The van der Waals surface area contributed by atoms with Gasteiger partial charge in [0.15, 0.2) is 0 Å². The van der Waals surface area contributed by atoms with Crippen LogP contribution in [0.2, 0.25) is 38.8 Å². The van der Waals surface area contributed by atoms with E-state index >= 15 is 0 Å². The van der Waals surface area contributed by atoms with Crippen LogP contribution < -0.4 is 5.32 Å². The summed E-state index contributed by atoms with van der Waals surface area (Å²) in [5, 5.41) is 2.78. The minimum atomic E-state index is -3.18. The quantitative estimate of drug-likeness (QED) is 0.199. The van der Waals surface area contributed by atoms with Gasteiger partial charge in [0.1, 0.15) is 0 Å². The van der Waals surface area contributed by atoms with Gasteiger partial charge in [0.25, 0.3) is 0 Å². The van der Waals surface area contributed by atoms with Crippen LogP contribution in [0.5, 0.6) is 0 Å². The number of amides is 1. The summed E-state index contributed by atoms with van der Waals surface area (Å²) >= 11 is 7.14. The first kappa shape index (κ1) is 36.4. The van der Waals surface area contributed by atoms with Gasteiger partial charge in [-0.25, -0.2) is 0 Å². The molecule has 8 nitrogen and oxygen atoms in total. The molecule has 238 valence electrons. The molecule has 1 heterocycles. The van der Waals surface area contributed by atoms with Crippen LogP contribution in [-0.2, 0) is 42.9 Å². The Hall–Kier alpha value is -1.02. The van der Waals surface area contributed by atoms with Crippen molar-refractivity contribution in [2.75, 3.05) is 14.2 Å². The topological polar surface area (TPSA) is 84.5 Å². The van der Waals surface area contributed by atoms with Gasteiger partial charge in [-0.05, 0) is 76.0 Å². The molecule has 1 fully saturated rings. The van der Waals surface area contributed by atoms with Gasteiger partial charge in [-0.1, -0.05) is 66.8 Å². The van der Waals surface area contributed by atoms with Crippen molar-refractivity contribution in [1.29, 1.82) is 0 Å². The average Bonchev–Trinajstić information content (AvgIpc) is 2.92. The highest BCUT2D eigenvalue weighted by molar-refractivity contribution is 8.24. The van der Waals surface area contributed by atoms with E-state index in [1.807, 2.05) is 76.9 Å². The van der Waals surface area contributed by atoms with Crippen LogP contribution in [0.3, 0.4) is 0 Å². The van der Waals surface area contributed by atoms with E-state index in [1.54, 1.807) is 14.2 Å². The highest BCUT2D eigenvalue weighted by Crippen LogP contribution is 2.34. The van der Waals surface area contributed by atoms with Crippen LogP contribution in [0.4, 0.5) is 0 Å². The fraction of sp³-hybridized carbons (Fsp3) is 0.517. The van der Waals surface area contributed by atoms with Gasteiger partial charge in [-0.15, -0.1) is 11.8 Å². The van der Waals surface area contributed by atoms with Crippen molar-refractivity contribution in [2.24, 2.45) is 0 Å². The molecule has 0 radical (unpaired) electrons. The maximum atomic E-state index is 13.0. The van der Waals surface area contributed by atoms with Crippen LogP contribution in [0, 0.1) is 0 Å². The van der Waals surface area contributed by atoms with Gasteiger partial charge in [-0.2, -0.15) is 0 Å². The van der Waals surface area contributed by atoms with E-state index < -0.39 is 34.7 Å². The number of benzene rings is 2. The predicted octanol–water partition coefficient (Wildman–Crippen LogP) is 6.45. The summed E-state index contributed by atoms with van der Waals surface area (Å²) in [5.41, 5.74) is 3.27. The Kier molecular flexibility index (Phi) is 13.1. The van der Waals surface area contributed by atoms with Crippen LogP contribution in [-0.4, -0.2) is 70.3 Å².